The summed E-state index contributed by atoms with van der Waals surface area (Å²) in [6.07, 6.45) is -5.34. The van der Waals surface area contributed by atoms with Gasteiger partial charge in [-0.25, -0.2) is 4.98 Å². The number of hydrogen-bond acceptors (Lipinski definition) is 5. The minimum absolute atomic E-state index is 0.142. The lowest BCUT2D eigenvalue weighted by molar-refractivity contribution is -0.138. The van der Waals surface area contributed by atoms with Crippen LogP contribution in [0.5, 0.6) is 0 Å². The predicted octanol–water partition coefficient (Wildman–Crippen LogP) is 0.126. The Labute approximate surface area is 86.0 Å². The van der Waals surface area contributed by atoms with Crippen molar-refractivity contribution in [3.05, 3.63) is 23.8 Å². The van der Waals surface area contributed by atoms with Crippen molar-refractivity contribution in [1.82, 2.24) is 19.6 Å². The van der Waals surface area contributed by atoms with Crippen LogP contribution >= 0.6 is 0 Å². The van der Waals surface area contributed by atoms with E-state index in [1.165, 1.54) is 0 Å². The normalized spacial score (nSPS) is 12.6. The quantitative estimate of drug-likeness (QED) is 0.685. The second kappa shape index (κ2) is 3.39. The fraction of sp³-hybridized carbons (Fsp3) is 0.286. The SMILES string of the molecule is OC(O)c1nnc2ncc(C(F)(F)F)cn12. The van der Waals surface area contributed by atoms with Crippen molar-refractivity contribution < 1.29 is 23.4 Å². The van der Waals surface area contributed by atoms with E-state index in [2.05, 4.69) is 15.2 Å². The maximum Gasteiger partial charge on any atom is 0.419 e. The third-order valence-corrected chi connectivity index (χ3v) is 1.85. The average Bonchev–Trinajstić information content (AvgIpc) is 2.58. The van der Waals surface area contributed by atoms with Crippen LogP contribution in [0.25, 0.3) is 5.78 Å². The molecule has 16 heavy (non-hydrogen) atoms. The number of halogens is 3. The van der Waals surface area contributed by atoms with Gasteiger partial charge in [0.25, 0.3) is 5.78 Å². The molecule has 0 saturated carbocycles. The van der Waals surface area contributed by atoms with E-state index in [1.54, 1.807) is 0 Å². The minimum Gasteiger partial charge on any atom is -0.362 e. The molecule has 0 fully saturated rings. The smallest absolute Gasteiger partial charge is 0.362 e. The zero-order chi connectivity index (χ0) is 11.9. The molecule has 0 aliphatic rings. The maximum absolute atomic E-state index is 12.3. The van der Waals surface area contributed by atoms with Crippen LogP contribution in [0, 0.1) is 0 Å². The van der Waals surface area contributed by atoms with E-state index in [-0.39, 0.29) is 5.78 Å². The third kappa shape index (κ3) is 1.70. The van der Waals surface area contributed by atoms with Gasteiger partial charge in [-0.1, -0.05) is 0 Å². The van der Waals surface area contributed by atoms with Crippen molar-refractivity contribution in [2.24, 2.45) is 0 Å². The summed E-state index contributed by atoms with van der Waals surface area (Å²) < 4.78 is 37.8. The van der Waals surface area contributed by atoms with Crippen LogP contribution in [0.15, 0.2) is 12.4 Å². The molecule has 0 aliphatic heterocycles. The van der Waals surface area contributed by atoms with E-state index < -0.39 is 23.9 Å². The molecule has 2 N–H and O–H groups in total. The van der Waals surface area contributed by atoms with Gasteiger partial charge in [-0.2, -0.15) is 13.2 Å². The van der Waals surface area contributed by atoms with Gasteiger partial charge >= 0.3 is 6.18 Å². The standard InChI is InChI=1S/C7H5F3N4O2/c8-7(9,10)3-1-11-6-13-12-4(5(15)16)14(6)2-3/h1-2,5,15-16H. The Hall–Kier alpha value is -1.74. The molecule has 6 nitrogen and oxygen atoms in total. The van der Waals surface area contributed by atoms with E-state index in [0.717, 1.165) is 4.40 Å². The highest BCUT2D eigenvalue weighted by molar-refractivity contribution is 5.30. The zero-order valence-corrected chi connectivity index (χ0v) is 7.55. The summed E-state index contributed by atoms with van der Waals surface area (Å²) in [5.41, 5.74) is -1.03. The molecule has 0 radical (unpaired) electrons. The molecule has 2 aromatic heterocycles. The Morgan fingerprint density at radius 1 is 1.25 bits per heavy atom. The summed E-state index contributed by atoms with van der Waals surface area (Å²) in [5.74, 6) is -0.565. The Morgan fingerprint density at radius 3 is 2.50 bits per heavy atom. The molecule has 0 bridgehead atoms. The van der Waals surface area contributed by atoms with Crippen LogP contribution in [0.3, 0.4) is 0 Å². The van der Waals surface area contributed by atoms with Crippen LogP contribution in [-0.2, 0) is 6.18 Å². The van der Waals surface area contributed by atoms with Crippen LogP contribution in [-0.4, -0.2) is 29.8 Å². The number of aliphatic hydroxyl groups is 2. The zero-order valence-electron chi connectivity index (χ0n) is 7.55. The van der Waals surface area contributed by atoms with Gasteiger partial charge in [-0.05, 0) is 0 Å². The molecule has 86 valence electrons. The average molecular weight is 234 g/mol. The first-order valence-electron chi connectivity index (χ1n) is 4.03. The highest BCUT2D eigenvalue weighted by Crippen LogP contribution is 2.28. The molecule has 2 aromatic rings. The van der Waals surface area contributed by atoms with Gasteiger partial charge in [0.1, 0.15) is 0 Å². The van der Waals surface area contributed by atoms with Crippen LogP contribution in [0.1, 0.15) is 17.7 Å². The van der Waals surface area contributed by atoms with Gasteiger partial charge in [0.2, 0.25) is 6.29 Å². The van der Waals surface area contributed by atoms with Crippen LogP contribution in [0.4, 0.5) is 13.2 Å². The fourth-order valence-corrected chi connectivity index (χ4v) is 1.13. The Bertz CT molecular complexity index is 522. The lowest BCUT2D eigenvalue weighted by Crippen LogP contribution is -2.09. The Balaban J connectivity index is 2.63. The number of rotatable bonds is 1. The number of hydrogen-bond donors (Lipinski definition) is 2. The molecule has 0 unspecified atom stereocenters. The van der Waals surface area contributed by atoms with Crippen molar-refractivity contribution in [3.8, 4) is 0 Å². The van der Waals surface area contributed by atoms with Gasteiger partial charge in [-0.3, -0.25) is 4.40 Å². The van der Waals surface area contributed by atoms with Gasteiger partial charge in [-0.15, -0.1) is 10.2 Å². The summed E-state index contributed by atoms with van der Waals surface area (Å²) in [4.78, 5) is 3.40. The summed E-state index contributed by atoms with van der Waals surface area (Å²) in [5, 5.41) is 24.3. The van der Waals surface area contributed by atoms with Gasteiger partial charge in [0.05, 0.1) is 5.56 Å². The molecule has 0 spiro atoms. The Morgan fingerprint density at radius 2 is 1.94 bits per heavy atom. The molecule has 2 heterocycles. The monoisotopic (exact) mass is 234 g/mol. The maximum atomic E-state index is 12.3. The summed E-state index contributed by atoms with van der Waals surface area (Å²) in [7, 11) is 0. The van der Waals surface area contributed by atoms with Crippen molar-refractivity contribution in [2.45, 2.75) is 12.5 Å². The molecule has 0 atom stereocenters. The largest absolute Gasteiger partial charge is 0.419 e. The molecule has 0 saturated heterocycles. The van der Waals surface area contributed by atoms with Crippen LogP contribution in [0.2, 0.25) is 0 Å². The summed E-state index contributed by atoms with van der Waals surface area (Å²) in [6, 6.07) is 0. The lowest BCUT2D eigenvalue weighted by Gasteiger charge is -2.07. The highest BCUT2D eigenvalue weighted by atomic mass is 19.4. The van der Waals surface area contributed by atoms with Gasteiger partial charge in [0.15, 0.2) is 5.82 Å². The van der Waals surface area contributed by atoms with Crippen molar-refractivity contribution in [1.29, 1.82) is 0 Å². The summed E-state index contributed by atoms with van der Waals surface area (Å²) >= 11 is 0. The molecular formula is C7H5F3N4O2. The van der Waals surface area contributed by atoms with E-state index >= 15 is 0 Å². The fourth-order valence-electron chi connectivity index (χ4n) is 1.13. The first-order valence-corrected chi connectivity index (χ1v) is 4.03. The molecule has 9 heteroatoms. The first-order chi connectivity index (χ1) is 7.39. The van der Waals surface area contributed by atoms with E-state index in [1.807, 2.05) is 0 Å². The minimum atomic E-state index is -4.57. The molecule has 0 aromatic carbocycles. The van der Waals surface area contributed by atoms with Crippen molar-refractivity contribution in [3.63, 3.8) is 0 Å². The third-order valence-electron chi connectivity index (χ3n) is 1.85. The van der Waals surface area contributed by atoms with Crippen LogP contribution < -0.4 is 0 Å². The van der Waals surface area contributed by atoms with E-state index in [4.69, 9.17) is 10.2 Å². The second-order valence-electron chi connectivity index (χ2n) is 2.94. The highest BCUT2D eigenvalue weighted by Gasteiger charge is 2.32. The Kier molecular flexibility index (Phi) is 2.28. The molecule has 2 rings (SSSR count). The number of aromatic nitrogens is 4. The topological polar surface area (TPSA) is 83.5 Å². The van der Waals surface area contributed by atoms with Crippen molar-refractivity contribution in [2.75, 3.05) is 0 Å². The summed E-state index contributed by atoms with van der Waals surface area (Å²) in [6.45, 7) is 0. The number of nitrogens with zero attached hydrogens (tertiary/aromatic N) is 4. The second-order valence-corrected chi connectivity index (χ2v) is 2.94. The van der Waals surface area contributed by atoms with Crippen molar-refractivity contribution >= 4 is 5.78 Å². The molecular weight excluding hydrogens is 229 g/mol. The number of fused-ring (bicyclic) bond motifs is 1. The predicted molar refractivity (Wildman–Crippen MR) is 43.0 cm³/mol. The van der Waals surface area contributed by atoms with Gasteiger partial charge < -0.3 is 10.2 Å². The number of aliphatic hydroxyl groups excluding tert-OH is 1. The first kappa shape index (κ1) is 10.8. The molecule has 0 aliphatic carbocycles. The molecule has 0 amide bonds. The lowest BCUT2D eigenvalue weighted by atomic mass is 10.3. The van der Waals surface area contributed by atoms with Gasteiger partial charge in [0, 0.05) is 12.4 Å². The number of alkyl halides is 3. The van der Waals surface area contributed by atoms with E-state index in [9.17, 15) is 13.2 Å². The van der Waals surface area contributed by atoms with E-state index in [0.29, 0.717) is 12.4 Å².